The zero-order valence-electron chi connectivity index (χ0n) is 15.5. The molecule has 0 aliphatic carbocycles. The minimum Gasteiger partial charge on any atom is -0.444 e. The van der Waals surface area contributed by atoms with Gasteiger partial charge in [0.1, 0.15) is 12.1 Å². The minimum atomic E-state index is -0.282. The highest BCUT2D eigenvalue weighted by atomic mass is 127. The second-order valence-electron chi connectivity index (χ2n) is 6.22. The lowest BCUT2D eigenvalue weighted by molar-refractivity contribution is 0.0268. The fourth-order valence-corrected chi connectivity index (χ4v) is 2.05. The zero-order valence-corrected chi connectivity index (χ0v) is 17.8. The first-order valence-corrected chi connectivity index (χ1v) is 8.13. The van der Waals surface area contributed by atoms with E-state index in [2.05, 4.69) is 20.6 Å². The van der Waals surface area contributed by atoms with Gasteiger partial charge in [0.05, 0.1) is 11.3 Å². The van der Waals surface area contributed by atoms with Gasteiger partial charge >= 0.3 is 0 Å². The SMILES string of the molecule is CN=C(NCCc1coc(-c2ccc(F)cc2)n1)NCC(C)(C)OC.I. The number of nitrogens with one attached hydrogen (secondary N) is 2. The van der Waals surface area contributed by atoms with Crippen molar-refractivity contribution in [3.63, 3.8) is 0 Å². The first kappa shape index (κ1) is 22.4. The molecule has 0 aliphatic rings. The Morgan fingerprint density at radius 3 is 2.58 bits per heavy atom. The van der Waals surface area contributed by atoms with Crippen molar-refractivity contribution in [2.75, 3.05) is 27.2 Å². The van der Waals surface area contributed by atoms with Crippen molar-refractivity contribution in [2.45, 2.75) is 25.9 Å². The average molecular weight is 476 g/mol. The first-order valence-electron chi connectivity index (χ1n) is 8.13. The van der Waals surface area contributed by atoms with Crippen molar-refractivity contribution in [3.05, 3.63) is 42.0 Å². The van der Waals surface area contributed by atoms with Crippen LogP contribution in [0.2, 0.25) is 0 Å². The molecule has 26 heavy (non-hydrogen) atoms. The number of hydrogen-bond donors (Lipinski definition) is 2. The summed E-state index contributed by atoms with van der Waals surface area (Å²) in [6.07, 6.45) is 2.30. The van der Waals surface area contributed by atoms with Gasteiger partial charge in [0.15, 0.2) is 5.96 Å². The third-order valence-corrected chi connectivity index (χ3v) is 3.77. The summed E-state index contributed by atoms with van der Waals surface area (Å²) in [4.78, 5) is 8.60. The second-order valence-corrected chi connectivity index (χ2v) is 6.22. The van der Waals surface area contributed by atoms with E-state index in [1.165, 1.54) is 12.1 Å². The number of ether oxygens (including phenoxy) is 1. The summed E-state index contributed by atoms with van der Waals surface area (Å²) in [7, 11) is 3.40. The molecule has 0 spiro atoms. The van der Waals surface area contributed by atoms with Gasteiger partial charge in [0.2, 0.25) is 5.89 Å². The Morgan fingerprint density at radius 1 is 1.27 bits per heavy atom. The Balaban J connectivity index is 0.00000338. The fourth-order valence-electron chi connectivity index (χ4n) is 2.05. The van der Waals surface area contributed by atoms with Crippen LogP contribution in [0.5, 0.6) is 0 Å². The van der Waals surface area contributed by atoms with E-state index in [4.69, 9.17) is 9.15 Å². The van der Waals surface area contributed by atoms with E-state index in [1.54, 1.807) is 32.6 Å². The molecule has 0 aliphatic heterocycles. The van der Waals surface area contributed by atoms with Crippen molar-refractivity contribution in [2.24, 2.45) is 4.99 Å². The third-order valence-electron chi connectivity index (χ3n) is 3.77. The topological polar surface area (TPSA) is 71.7 Å². The average Bonchev–Trinajstić information content (AvgIpc) is 3.07. The Bertz CT molecular complexity index is 701. The maximum Gasteiger partial charge on any atom is 0.226 e. The highest BCUT2D eigenvalue weighted by Crippen LogP contribution is 2.18. The first-order chi connectivity index (χ1) is 11.9. The number of oxazole rings is 1. The summed E-state index contributed by atoms with van der Waals surface area (Å²) in [6, 6.07) is 6.06. The number of aromatic nitrogens is 1. The molecule has 144 valence electrons. The van der Waals surface area contributed by atoms with Gasteiger partial charge in [-0.05, 0) is 38.1 Å². The number of rotatable bonds is 7. The Morgan fingerprint density at radius 2 is 1.96 bits per heavy atom. The highest BCUT2D eigenvalue weighted by molar-refractivity contribution is 14.0. The standard InChI is InChI=1S/C18H25FN4O2.HI/c1-18(2,24-4)12-22-17(20-3)21-10-9-15-11-25-16(23-15)13-5-7-14(19)8-6-13;/h5-8,11H,9-10,12H2,1-4H3,(H2,20,21,22);1H. The summed E-state index contributed by atoms with van der Waals surface area (Å²) >= 11 is 0. The van der Waals surface area contributed by atoms with Crippen LogP contribution >= 0.6 is 24.0 Å². The molecule has 2 rings (SSSR count). The summed E-state index contributed by atoms with van der Waals surface area (Å²) in [5.74, 6) is 0.905. The number of halogens is 2. The van der Waals surface area contributed by atoms with Gasteiger partial charge in [-0.3, -0.25) is 4.99 Å². The molecule has 2 N–H and O–H groups in total. The van der Waals surface area contributed by atoms with Gasteiger partial charge in [-0.1, -0.05) is 0 Å². The van der Waals surface area contributed by atoms with Crippen LogP contribution in [0.1, 0.15) is 19.5 Å². The molecule has 1 heterocycles. The van der Waals surface area contributed by atoms with Gasteiger partial charge in [-0.2, -0.15) is 0 Å². The van der Waals surface area contributed by atoms with Crippen molar-refractivity contribution in [1.82, 2.24) is 15.6 Å². The molecule has 2 aromatic rings. The number of hydrogen-bond acceptors (Lipinski definition) is 4. The van der Waals surface area contributed by atoms with Crippen LogP contribution in [0, 0.1) is 5.82 Å². The van der Waals surface area contributed by atoms with E-state index in [9.17, 15) is 4.39 Å². The van der Waals surface area contributed by atoms with E-state index < -0.39 is 0 Å². The van der Waals surface area contributed by atoms with Crippen molar-refractivity contribution in [1.29, 1.82) is 0 Å². The number of benzene rings is 1. The fraction of sp³-hybridized carbons (Fsp3) is 0.444. The van der Waals surface area contributed by atoms with Crippen LogP contribution in [-0.4, -0.2) is 43.8 Å². The second kappa shape index (κ2) is 10.5. The van der Waals surface area contributed by atoms with Gasteiger partial charge in [-0.15, -0.1) is 24.0 Å². The van der Waals surface area contributed by atoms with E-state index in [-0.39, 0.29) is 35.4 Å². The van der Waals surface area contributed by atoms with Crippen molar-refractivity contribution in [3.8, 4) is 11.5 Å². The van der Waals surface area contributed by atoms with Crippen LogP contribution in [0.3, 0.4) is 0 Å². The van der Waals surface area contributed by atoms with Crippen LogP contribution in [-0.2, 0) is 11.2 Å². The molecule has 8 heteroatoms. The van der Waals surface area contributed by atoms with Crippen LogP contribution in [0.4, 0.5) is 4.39 Å². The van der Waals surface area contributed by atoms with E-state index >= 15 is 0 Å². The molecule has 6 nitrogen and oxygen atoms in total. The number of nitrogens with zero attached hydrogens (tertiary/aromatic N) is 2. The lowest BCUT2D eigenvalue weighted by Gasteiger charge is -2.24. The summed E-state index contributed by atoms with van der Waals surface area (Å²) in [5.41, 5.74) is 1.30. The number of aliphatic imine (C=N–C) groups is 1. The van der Waals surface area contributed by atoms with Crippen LogP contribution < -0.4 is 10.6 Å². The molecule has 0 atom stereocenters. The predicted molar refractivity (Wildman–Crippen MR) is 111 cm³/mol. The number of guanidine groups is 1. The normalized spacial score (nSPS) is 11.8. The van der Waals surface area contributed by atoms with Crippen molar-refractivity contribution >= 4 is 29.9 Å². The monoisotopic (exact) mass is 476 g/mol. The maximum atomic E-state index is 13.0. The van der Waals surface area contributed by atoms with Gasteiger partial charge < -0.3 is 19.8 Å². The molecule has 0 saturated carbocycles. The quantitative estimate of drug-likeness (QED) is 0.365. The molecule has 0 unspecified atom stereocenters. The largest absolute Gasteiger partial charge is 0.444 e. The molecule has 1 aromatic carbocycles. The molecule has 0 amide bonds. The summed E-state index contributed by atoms with van der Waals surface area (Å²) < 4.78 is 23.8. The number of methoxy groups -OCH3 is 1. The summed E-state index contributed by atoms with van der Waals surface area (Å²) in [5, 5.41) is 6.44. The molecule has 1 aromatic heterocycles. The molecule has 0 bridgehead atoms. The molecular weight excluding hydrogens is 450 g/mol. The zero-order chi connectivity index (χ0) is 18.3. The Labute approximate surface area is 170 Å². The van der Waals surface area contributed by atoms with Crippen molar-refractivity contribution < 1.29 is 13.5 Å². The van der Waals surface area contributed by atoms with Gasteiger partial charge in [-0.25, -0.2) is 9.37 Å². The lowest BCUT2D eigenvalue weighted by Crippen LogP contribution is -2.45. The highest BCUT2D eigenvalue weighted by Gasteiger charge is 2.16. The van der Waals surface area contributed by atoms with Crippen LogP contribution in [0.25, 0.3) is 11.5 Å². The predicted octanol–water partition coefficient (Wildman–Crippen LogP) is 3.23. The Kier molecular flexibility index (Phi) is 9.00. The molecule has 0 fully saturated rings. The molecular formula is C18H26FIN4O2. The molecule has 0 saturated heterocycles. The molecule has 0 radical (unpaired) electrons. The van der Waals surface area contributed by atoms with Gasteiger partial charge in [0, 0.05) is 39.2 Å². The summed E-state index contributed by atoms with van der Waals surface area (Å²) in [6.45, 7) is 5.30. The lowest BCUT2D eigenvalue weighted by atomic mass is 10.1. The van der Waals surface area contributed by atoms with E-state index in [1.807, 2.05) is 13.8 Å². The minimum absolute atomic E-state index is 0. The van der Waals surface area contributed by atoms with E-state index in [0.29, 0.717) is 31.4 Å². The smallest absolute Gasteiger partial charge is 0.226 e. The maximum absolute atomic E-state index is 13.0. The Hall–Kier alpha value is -1.68. The van der Waals surface area contributed by atoms with E-state index in [0.717, 1.165) is 11.3 Å². The van der Waals surface area contributed by atoms with Crippen LogP contribution in [0.15, 0.2) is 39.9 Å². The van der Waals surface area contributed by atoms with Gasteiger partial charge in [0.25, 0.3) is 0 Å². The third kappa shape index (κ3) is 6.91.